The summed E-state index contributed by atoms with van der Waals surface area (Å²) in [5.41, 5.74) is 1.07. The van der Waals surface area contributed by atoms with E-state index >= 15 is 0 Å². The Hall–Kier alpha value is -3.30. The second-order valence-corrected chi connectivity index (χ2v) is 19.0. The molecule has 3 fully saturated rings. The summed E-state index contributed by atoms with van der Waals surface area (Å²) in [4.78, 5) is 58.9. The lowest BCUT2D eigenvalue weighted by Gasteiger charge is -2.42. The van der Waals surface area contributed by atoms with Gasteiger partial charge in [-0.15, -0.1) is 0 Å². The number of ketones is 2. The number of ether oxygens (including phenoxy) is 5. The molecule has 13 heteroatoms. The molecule has 0 aromatic rings. The molecule has 0 spiro atoms. The lowest BCUT2D eigenvalue weighted by molar-refractivity contribution is -0.265. The summed E-state index contributed by atoms with van der Waals surface area (Å²) in [6.45, 7) is 11.1. The third-order valence-corrected chi connectivity index (χ3v) is 14.0. The van der Waals surface area contributed by atoms with Gasteiger partial charge in [-0.25, -0.2) is 4.79 Å². The lowest BCUT2D eigenvalue weighted by atomic mass is 9.78. The number of aliphatic hydroxyl groups is 3. The first-order chi connectivity index (χ1) is 33.8. The van der Waals surface area contributed by atoms with Gasteiger partial charge in [-0.3, -0.25) is 14.4 Å². The van der Waals surface area contributed by atoms with E-state index in [1.807, 2.05) is 19.9 Å². The minimum atomic E-state index is -3.08. The smallest absolute Gasteiger partial charge is 0.329 e. The molecule has 0 aromatic carbocycles. The number of carbonyl (C=O) groups excluding carboxylic acids is 4. The third kappa shape index (κ3) is 14.4. The second kappa shape index (κ2) is 25.2. The molecule has 15 atom stereocenters. The molecule has 65 heavy (non-hydrogen) atoms. The van der Waals surface area contributed by atoms with Crippen molar-refractivity contribution in [3.63, 3.8) is 0 Å². The first kappa shape index (κ1) is 43.0. The Morgan fingerprint density at radius 2 is 1.72 bits per heavy atom. The van der Waals surface area contributed by atoms with Crippen LogP contribution < -0.4 is 0 Å². The van der Waals surface area contributed by atoms with Crippen LogP contribution >= 0.6 is 0 Å². The van der Waals surface area contributed by atoms with Gasteiger partial charge in [0.15, 0.2) is 0 Å². The summed E-state index contributed by atoms with van der Waals surface area (Å²) in [6, 6.07) is -1.42. The Kier molecular flexibility index (Phi) is 16.7. The Morgan fingerprint density at radius 1 is 0.969 bits per heavy atom. The van der Waals surface area contributed by atoms with Crippen LogP contribution in [0.5, 0.6) is 0 Å². The van der Waals surface area contributed by atoms with Crippen molar-refractivity contribution in [1.82, 2.24) is 4.90 Å². The fourth-order valence-electron chi connectivity index (χ4n) is 9.62. The first-order valence-corrected chi connectivity index (χ1v) is 23.3. The summed E-state index contributed by atoms with van der Waals surface area (Å²) in [5, 5.41) is 34.3. The zero-order valence-electron chi connectivity index (χ0n) is 47.7. The largest absolute Gasteiger partial charge is 0.460 e. The number of piperidine rings is 1. The normalized spacial score (nSPS) is 43.4. The number of amides is 1. The third-order valence-electron chi connectivity index (χ3n) is 14.0. The van der Waals surface area contributed by atoms with Gasteiger partial charge in [0.2, 0.25) is 5.79 Å². The first-order valence-electron chi connectivity index (χ1n) is 27.3. The molecule has 1 saturated carbocycles. The van der Waals surface area contributed by atoms with E-state index < -0.39 is 129 Å². The molecule has 4 aliphatic rings. The molecular weight excluding hydrogens is 831 g/mol. The summed E-state index contributed by atoms with van der Waals surface area (Å²) in [6.07, 6.45) is 2.06. The van der Waals surface area contributed by atoms with Crippen molar-refractivity contribution < 1.29 is 69.1 Å². The molecule has 13 nitrogen and oxygen atoms in total. The average molecular weight is 920 g/mol. The zero-order chi connectivity index (χ0) is 55.0. The number of allylic oxidation sites excluding steroid dienone is 6. The summed E-state index contributed by atoms with van der Waals surface area (Å²) >= 11 is 0. The zero-order valence-corrected chi connectivity index (χ0v) is 39.7. The van der Waals surface area contributed by atoms with E-state index in [1.54, 1.807) is 38.2 Å². The number of hydrogen-bond donors (Lipinski definition) is 3. The van der Waals surface area contributed by atoms with E-state index in [2.05, 4.69) is 6.58 Å². The van der Waals surface area contributed by atoms with Gasteiger partial charge in [-0.2, -0.15) is 0 Å². The van der Waals surface area contributed by atoms with Crippen molar-refractivity contribution in [3.05, 3.63) is 59.8 Å². The molecule has 366 valence electrons. The minimum Gasteiger partial charge on any atom is -0.460 e. The van der Waals surface area contributed by atoms with E-state index in [1.165, 1.54) is 34.1 Å². The number of methoxy groups -OCH3 is 3. The highest BCUT2D eigenvalue weighted by Crippen LogP contribution is 2.38. The van der Waals surface area contributed by atoms with Crippen molar-refractivity contribution >= 4 is 23.4 Å². The molecule has 1 aliphatic carbocycles. The van der Waals surface area contributed by atoms with Gasteiger partial charge in [0.25, 0.3) is 11.7 Å². The van der Waals surface area contributed by atoms with Crippen LogP contribution in [-0.4, -0.2) is 126 Å². The van der Waals surface area contributed by atoms with Gasteiger partial charge in [-0.1, -0.05) is 77.6 Å². The van der Waals surface area contributed by atoms with Crippen LogP contribution in [0, 0.1) is 35.5 Å². The van der Waals surface area contributed by atoms with Gasteiger partial charge in [-0.05, 0) is 118 Å². The number of carbonyl (C=O) groups is 4. The lowest BCUT2D eigenvalue weighted by Crippen LogP contribution is -2.61. The number of esters is 1. The molecule has 4 rings (SSSR count). The summed E-state index contributed by atoms with van der Waals surface area (Å²) in [5.74, 6) is -12.1. The van der Waals surface area contributed by atoms with Crippen molar-refractivity contribution in [2.75, 3.05) is 27.8 Å². The van der Waals surface area contributed by atoms with Gasteiger partial charge in [0, 0.05) is 59.3 Å². The van der Waals surface area contributed by atoms with Crippen LogP contribution in [0.1, 0.15) is 136 Å². The predicted octanol–water partition coefficient (Wildman–Crippen LogP) is 7.17. The molecular formula is C52H81NO12. The molecule has 0 aromatic heterocycles. The van der Waals surface area contributed by atoms with Gasteiger partial charge >= 0.3 is 5.97 Å². The second-order valence-electron chi connectivity index (χ2n) is 19.0. The van der Waals surface area contributed by atoms with Gasteiger partial charge in [0.1, 0.15) is 30.1 Å². The highest BCUT2D eigenvalue weighted by molar-refractivity contribution is 6.39. The Bertz CT molecular complexity index is 2060. The monoisotopic (exact) mass is 920 g/mol. The Balaban J connectivity index is 1.83. The van der Waals surface area contributed by atoms with E-state index in [-0.39, 0.29) is 42.7 Å². The molecule has 3 heterocycles. The van der Waals surface area contributed by atoms with Crippen LogP contribution in [0.25, 0.3) is 0 Å². The van der Waals surface area contributed by atoms with Gasteiger partial charge in [0.05, 0.1) is 28.5 Å². The number of Topliss-reactive ketones (excluding diaryl/α,β-unsaturated/α-hetero) is 2. The van der Waals surface area contributed by atoms with E-state index in [4.69, 9.17) is 34.7 Å². The quantitative estimate of drug-likeness (QED) is 0.139. The van der Waals surface area contributed by atoms with Crippen molar-refractivity contribution in [1.29, 1.82) is 0 Å². The molecule has 0 unspecified atom stereocenters. The van der Waals surface area contributed by atoms with E-state index in [9.17, 15) is 34.5 Å². The average Bonchev–Trinajstić information content (AvgIpc) is 3.30. The van der Waals surface area contributed by atoms with Crippen LogP contribution in [0.15, 0.2) is 59.8 Å². The van der Waals surface area contributed by atoms with Crippen LogP contribution in [0.4, 0.5) is 0 Å². The maximum Gasteiger partial charge on any atom is 0.329 e. The van der Waals surface area contributed by atoms with Crippen molar-refractivity contribution in [3.8, 4) is 0 Å². The standard InChI is InChI=1S/C52H81NO12/c1-31-17-13-12-14-18-32(2)44(61-9)29-40-22-20-37(7)52(60,65-40)49(57)50(58)53-24-16-15-19-41(53)51(59)64-45(35(5)27-39-21-23-42(54)46(28-39)62-10)30-43(55)34(4)26-36(6)47(56)48(63-11)38(8)33(3)25-31/h12-14,17-18,26,31,33-35,37,39-42,44-48,54,56,60H,8,15-16,19-25,27-30H2,1-7,9-11H3/b14-12+,17-13+,32-18+,36-26+/t31-,33-,34-,35-,37-,39+,40+,41+,42-,44+,45+,46-,47-,48+,52-/m1/s1/i4D3,9D3,20D2. The molecule has 3 N–H and O–H groups in total. The number of cyclic esters (lactones) is 1. The van der Waals surface area contributed by atoms with Crippen molar-refractivity contribution in [2.24, 2.45) is 35.5 Å². The fourth-order valence-corrected chi connectivity index (χ4v) is 9.62. The van der Waals surface area contributed by atoms with Gasteiger partial charge < -0.3 is 43.9 Å². The van der Waals surface area contributed by atoms with E-state index in [0.29, 0.717) is 56.1 Å². The van der Waals surface area contributed by atoms with E-state index in [0.717, 1.165) is 4.90 Å². The number of rotatable bonds is 6. The SMILES string of the molecule is [2H]C([2H])([2H])O[C@H]1C[C@@H]2CC([2H])([2H])[C@@H](C)[C@@](O)(O2)C(=O)C(=O)N2CCCC[C@H]2C(=O)O[C@H]([C@H](C)C[C@@H]2CC[C@@H](O)[C@H](OC)C2)CC(=O)[C@H](C([2H])([2H])[2H])/C=C(\C)[C@@H](O)[C@@H](OC)C(=C)[C@H](C)C[C@H](C)/C=C/C=C/C=C/1C. The molecule has 3 aliphatic heterocycles. The highest BCUT2D eigenvalue weighted by Gasteiger charge is 2.53. The number of nitrogens with zero attached hydrogens (tertiary/aromatic N) is 1. The topological polar surface area (TPSA) is 178 Å². The van der Waals surface area contributed by atoms with Crippen molar-refractivity contribution in [2.45, 2.75) is 180 Å². The number of fused-ring (bicyclic) bond motifs is 3. The highest BCUT2D eigenvalue weighted by atomic mass is 16.6. The molecule has 1 amide bonds. The maximum absolute atomic E-state index is 14.5. The van der Waals surface area contributed by atoms with Crippen LogP contribution in [-0.2, 0) is 42.9 Å². The molecule has 2 bridgehead atoms. The summed E-state index contributed by atoms with van der Waals surface area (Å²) in [7, 11) is -0.0259. The minimum absolute atomic E-state index is 0.00637. The molecule has 2 saturated heterocycles. The number of aliphatic hydroxyl groups excluding tert-OH is 2. The fraction of sp³-hybridized carbons (Fsp3) is 0.731. The van der Waals surface area contributed by atoms with Crippen LogP contribution in [0.2, 0.25) is 0 Å². The summed E-state index contributed by atoms with van der Waals surface area (Å²) < 4.78 is 95.9. The van der Waals surface area contributed by atoms with Crippen LogP contribution in [0.3, 0.4) is 0 Å². The predicted molar refractivity (Wildman–Crippen MR) is 249 cm³/mol. The maximum atomic E-state index is 14.5. The Morgan fingerprint density at radius 3 is 2.42 bits per heavy atom. The Labute approximate surface area is 399 Å². The molecule has 0 radical (unpaired) electrons. The number of hydrogen-bond acceptors (Lipinski definition) is 12.